The van der Waals surface area contributed by atoms with Crippen LogP contribution in [0, 0.1) is 6.92 Å². The Morgan fingerprint density at radius 3 is 2.39 bits per heavy atom. The highest BCUT2D eigenvalue weighted by atomic mass is 16.1. The van der Waals surface area contributed by atoms with Crippen molar-refractivity contribution in [1.82, 2.24) is 14.5 Å². The summed E-state index contributed by atoms with van der Waals surface area (Å²) in [5.41, 5.74) is 0.942. The minimum atomic E-state index is -0.303. The van der Waals surface area contributed by atoms with Gasteiger partial charge in [-0.2, -0.15) is 0 Å². The maximum atomic E-state index is 12.9. The van der Waals surface area contributed by atoms with Crippen LogP contribution >= 0.6 is 0 Å². The molecule has 2 aromatic rings. The molecule has 0 saturated heterocycles. The second-order valence-corrected chi connectivity index (χ2v) is 6.16. The number of aromatic nitrogens is 3. The number of pyridine rings is 1. The van der Waals surface area contributed by atoms with Crippen LogP contribution in [0.2, 0.25) is 0 Å². The van der Waals surface area contributed by atoms with E-state index in [9.17, 15) is 14.4 Å². The average Bonchev–Trinajstić information content (AvgIpc) is 3.00. The lowest BCUT2D eigenvalue weighted by Gasteiger charge is -2.19. The Morgan fingerprint density at radius 1 is 1.17 bits per heavy atom. The van der Waals surface area contributed by atoms with Gasteiger partial charge in [-0.1, -0.05) is 12.8 Å². The smallest absolute Gasteiger partial charge is 0.263 e. The van der Waals surface area contributed by atoms with Crippen molar-refractivity contribution in [2.45, 2.75) is 52.5 Å². The fourth-order valence-electron chi connectivity index (χ4n) is 3.42. The van der Waals surface area contributed by atoms with Crippen LogP contribution in [0.5, 0.6) is 0 Å². The van der Waals surface area contributed by atoms with Gasteiger partial charge in [0.25, 0.3) is 5.56 Å². The number of carbonyl (C=O) groups is 2. The Bertz CT molecular complexity index is 877. The molecule has 0 N–H and O–H groups in total. The van der Waals surface area contributed by atoms with Crippen molar-refractivity contribution >= 4 is 22.6 Å². The highest BCUT2D eigenvalue weighted by molar-refractivity contribution is 6.00. The van der Waals surface area contributed by atoms with Crippen molar-refractivity contribution in [3.8, 4) is 0 Å². The van der Waals surface area contributed by atoms with Crippen LogP contribution in [0.25, 0.3) is 11.0 Å². The van der Waals surface area contributed by atoms with Gasteiger partial charge in [0.2, 0.25) is 0 Å². The third-order valence-electron chi connectivity index (χ3n) is 4.57. The maximum Gasteiger partial charge on any atom is 0.263 e. The second-order valence-electron chi connectivity index (χ2n) is 6.16. The highest BCUT2D eigenvalue weighted by Gasteiger charge is 2.25. The molecular formula is C17H19N3O3. The molecule has 120 valence electrons. The first-order valence-corrected chi connectivity index (χ1v) is 7.85. The first-order valence-electron chi connectivity index (χ1n) is 7.85. The van der Waals surface area contributed by atoms with Gasteiger partial charge in [-0.3, -0.25) is 19.0 Å². The Balaban J connectivity index is 2.43. The van der Waals surface area contributed by atoms with E-state index in [1.54, 1.807) is 17.7 Å². The molecular weight excluding hydrogens is 294 g/mol. The number of ketones is 2. The van der Waals surface area contributed by atoms with E-state index >= 15 is 0 Å². The lowest BCUT2D eigenvalue weighted by molar-refractivity contribution is 0.0997. The molecule has 1 saturated carbocycles. The number of hydrogen-bond acceptors (Lipinski definition) is 5. The Hall–Kier alpha value is -2.37. The van der Waals surface area contributed by atoms with Gasteiger partial charge in [0.15, 0.2) is 17.4 Å². The van der Waals surface area contributed by atoms with Crippen LogP contribution < -0.4 is 5.56 Å². The lowest BCUT2D eigenvalue weighted by atomic mass is 10.0. The molecule has 0 unspecified atom stereocenters. The van der Waals surface area contributed by atoms with Gasteiger partial charge >= 0.3 is 0 Å². The number of Topliss-reactive ketones (excluding diaryl/α,β-unsaturated/α-hetero) is 2. The third-order valence-corrected chi connectivity index (χ3v) is 4.57. The molecule has 6 nitrogen and oxygen atoms in total. The van der Waals surface area contributed by atoms with Gasteiger partial charge in [0, 0.05) is 24.5 Å². The Morgan fingerprint density at radius 2 is 1.83 bits per heavy atom. The minimum Gasteiger partial charge on any atom is -0.294 e. The van der Waals surface area contributed by atoms with Crippen LogP contribution in [0.15, 0.2) is 11.0 Å². The predicted octanol–water partition coefficient (Wildman–Crippen LogP) is 2.62. The molecule has 1 aliphatic rings. The number of hydrogen-bond donors (Lipinski definition) is 0. The van der Waals surface area contributed by atoms with Gasteiger partial charge < -0.3 is 0 Å². The molecule has 0 atom stereocenters. The lowest BCUT2D eigenvalue weighted by Crippen LogP contribution is -2.30. The summed E-state index contributed by atoms with van der Waals surface area (Å²) in [5, 5.41) is 0.659. The molecule has 2 heterocycles. The van der Waals surface area contributed by atoms with Crippen LogP contribution in [0.3, 0.4) is 0 Å². The summed E-state index contributed by atoms with van der Waals surface area (Å²) in [6.45, 7) is 4.53. The van der Waals surface area contributed by atoms with Crippen molar-refractivity contribution in [2.24, 2.45) is 0 Å². The summed E-state index contributed by atoms with van der Waals surface area (Å²) in [6, 6.07) is 0.0263. The maximum absolute atomic E-state index is 12.9. The largest absolute Gasteiger partial charge is 0.294 e. The number of carbonyl (C=O) groups excluding carboxylic acids is 2. The summed E-state index contributed by atoms with van der Waals surface area (Å²) in [4.78, 5) is 44.9. The van der Waals surface area contributed by atoms with Crippen LogP contribution in [-0.2, 0) is 0 Å². The summed E-state index contributed by atoms with van der Waals surface area (Å²) >= 11 is 0. The van der Waals surface area contributed by atoms with E-state index in [1.807, 2.05) is 0 Å². The van der Waals surface area contributed by atoms with E-state index in [0.717, 1.165) is 25.7 Å². The molecule has 1 aliphatic carbocycles. The number of rotatable bonds is 3. The summed E-state index contributed by atoms with van der Waals surface area (Å²) in [5.74, 6) is -0.402. The molecule has 1 fully saturated rings. The molecule has 0 aliphatic heterocycles. The minimum absolute atomic E-state index is 0.0263. The topological polar surface area (TPSA) is 81.9 Å². The first kappa shape index (κ1) is 15.5. The molecule has 0 radical (unpaired) electrons. The van der Waals surface area contributed by atoms with E-state index in [2.05, 4.69) is 9.97 Å². The molecule has 0 aromatic carbocycles. The SMILES string of the molecule is CC(=O)c1ncc2c(C)c(C(C)=O)c(=O)n(C3CCCC3)c2n1. The number of fused-ring (bicyclic) bond motifs is 1. The van der Waals surface area contributed by atoms with Gasteiger partial charge in [0.1, 0.15) is 5.65 Å². The zero-order valence-electron chi connectivity index (χ0n) is 13.5. The van der Waals surface area contributed by atoms with Crippen LogP contribution in [0.4, 0.5) is 0 Å². The summed E-state index contributed by atoms with van der Waals surface area (Å²) < 4.78 is 1.61. The molecule has 6 heteroatoms. The third kappa shape index (κ3) is 2.48. The average molecular weight is 313 g/mol. The standard InChI is InChI=1S/C17H19N3O3/c1-9-13-8-18-15(11(3)22)19-16(13)20(12-6-4-5-7-12)17(23)14(9)10(2)21/h8,12H,4-7H2,1-3H3. The van der Waals surface area contributed by atoms with Crippen LogP contribution in [-0.4, -0.2) is 26.1 Å². The molecule has 0 amide bonds. The van der Waals surface area contributed by atoms with E-state index in [1.165, 1.54) is 13.8 Å². The zero-order chi connectivity index (χ0) is 16.7. The molecule has 23 heavy (non-hydrogen) atoms. The number of nitrogens with zero attached hydrogens (tertiary/aromatic N) is 3. The van der Waals surface area contributed by atoms with Crippen LogP contribution in [0.1, 0.15) is 72.1 Å². The van der Waals surface area contributed by atoms with E-state index in [-0.39, 0.29) is 34.6 Å². The van der Waals surface area contributed by atoms with Crippen molar-refractivity contribution in [2.75, 3.05) is 0 Å². The van der Waals surface area contributed by atoms with Crippen molar-refractivity contribution < 1.29 is 9.59 Å². The molecule has 0 spiro atoms. The number of aryl methyl sites for hydroxylation is 1. The molecule has 2 aromatic heterocycles. The Kier molecular flexibility index (Phi) is 3.83. The van der Waals surface area contributed by atoms with Crippen molar-refractivity contribution in [3.05, 3.63) is 33.5 Å². The molecule has 0 bridgehead atoms. The fraction of sp³-hybridized carbons (Fsp3) is 0.471. The van der Waals surface area contributed by atoms with Gasteiger partial charge in [-0.15, -0.1) is 0 Å². The highest BCUT2D eigenvalue weighted by Crippen LogP contribution is 2.31. The normalized spacial score (nSPS) is 15.3. The van der Waals surface area contributed by atoms with E-state index in [4.69, 9.17) is 0 Å². The van der Waals surface area contributed by atoms with Crippen molar-refractivity contribution in [3.63, 3.8) is 0 Å². The van der Waals surface area contributed by atoms with Gasteiger partial charge in [-0.05, 0) is 32.3 Å². The Labute approximate surface area is 133 Å². The van der Waals surface area contributed by atoms with E-state index < -0.39 is 0 Å². The van der Waals surface area contributed by atoms with Gasteiger partial charge in [0.05, 0.1) is 5.56 Å². The quantitative estimate of drug-likeness (QED) is 0.814. The molecule has 3 rings (SSSR count). The monoisotopic (exact) mass is 313 g/mol. The zero-order valence-corrected chi connectivity index (χ0v) is 13.5. The predicted molar refractivity (Wildman–Crippen MR) is 86.0 cm³/mol. The van der Waals surface area contributed by atoms with E-state index in [0.29, 0.717) is 16.6 Å². The van der Waals surface area contributed by atoms with Gasteiger partial charge in [-0.25, -0.2) is 9.97 Å². The first-order chi connectivity index (χ1) is 10.9. The second kappa shape index (κ2) is 5.68. The fourth-order valence-corrected chi connectivity index (χ4v) is 3.42. The van der Waals surface area contributed by atoms with Crippen molar-refractivity contribution in [1.29, 1.82) is 0 Å². The summed E-state index contributed by atoms with van der Waals surface area (Å²) in [6.07, 6.45) is 5.41. The summed E-state index contributed by atoms with van der Waals surface area (Å²) in [7, 11) is 0.